The molecule has 3 saturated carbocycles. The molecule has 54 heavy (non-hydrogen) atoms. The largest absolute Gasteiger partial charge is 0.456 e. The Morgan fingerprint density at radius 1 is 0.963 bits per heavy atom. The number of ketones is 1. The molecule has 0 radical (unpaired) electrons. The first-order valence-electron chi connectivity index (χ1n) is 19.0. The molecule has 4 aliphatic carbocycles. The molecule has 3 N–H and O–H groups in total. The molecule has 1 spiro atoms. The van der Waals surface area contributed by atoms with Crippen LogP contribution in [-0.4, -0.2) is 76.3 Å². The van der Waals surface area contributed by atoms with E-state index in [1.165, 1.54) is 0 Å². The van der Waals surface area contributed by atoms with Crippen molar-refractivity contribution in [3.05, 3.63) is 82.9 Å². The quantitative estimate of drug-likeness (QED) is 0.178. The van der Waals surface area contributed by atoms with Gasteiger partial charge in [-0.25, -0.2) is 14.4 Å². The number of alkyl carbamates (subject to hydrolysis) is 1. The van der Waals surface area contributed by atoms with Gasteiger partial charge in [-0.2, -0.15) is 0 Å². The van der Waals surface area contributed by atoms with E-state index in [9.17, 15) is 24.6 Å². The van der Waals surface area contributed by atoms with Crippen LogP contribution in [0.1, 0.15) is 96.6 Å². The zero-order chi connectivity index (χ0) is 39.2. The Bertz CT molecular complexity index is 1870. The Labute approximate surface area is 316 Å². The number of hydrogen-bond acceptors (Lipinski definition) is 10. The molecule has 11 nitrogen and oxygen atoms in total. The zero-order valence-electron chi connectivity index (χ0n) is 32.4. The van der Waals surface area contributed by atoms with Gasteiger partial charge in [0.05, 0.1) is 24.3 Å². The van der Waals surface area contributed by atoms with Gasteiger partial charge in [-0.05, 0) is 75.3 Å². The number of esters is 2. The molecule has 2 aromatic rings. The molecule has 1 saturated heterocycles. The zero-order valence-corrected chi connectivity index (χ0v) is 32.4. The predicted molar refractivity (Wildman–Crippen MR) is 197 cm³/mol. The molecule has 1 unspecified atom stereocenters. The first-order chi connectivity index (χ1) is 25.3. The van der Waals surface area contributed by atoms with E-state index in [0.29, 0.717) is 35.3 Å². The summed E-state index contributed by atoms with van der Waals surface area (Å²) in [6, 6.07) is 15.9. The fourth-order valence-electron chi connectivity index (χ4n) is 10.6. The van der Waals surface area contributed by atoms with Crippen LogP contribution in [0.25, 0.3) is 0 Å². The highest BCUT2D eigenvalue weighted by Crippen LogP contribution is 2.76. The molecular formula is C43H53NO10. The van der Waals surface area contributed by atoms with Gasteiger partial charge in [-0.15, -0.1) is 0 Å². The van der Waals surface area contributed by atoms with Gasteiger partial charge in [0.1, 0.15) is 29.2 Å². The third-order valence-corrected chi connectivity index (χ3v) is 13.4. The number of amides is 1. The SMILES string of the molecule is CC1=C2[C@@H](C)C(=O)[C@]34C[C@H]3C[C@H]3OC[C@@]3(C)C4[C@H](OC(=O)c3ccccc3)[C@](O)(C[C@@H]1OC(=O)[C@H](O)[C@@H](NC(=O)OC(C)(C)C)c1ccccc1)C2(C)C. The second-order valence-corrected chi connectivity index (χ2v) is 18.0. The lowest BCUT2D eigenvalue weighted by Gasteiger charge is -2.64. The van der Waals surface area contributed by atoms with E-state index in [4.69, 9.17) is 18.9 Å². The maximum absolute atomic E-state index is 15.0. The lowest BCUT2D eigenvalue weighted by Crippen LogP contribution is -2.73. The first-order valence-corrected chi connectivity index (χ1v) is 19.0. The number of carbonyl (C=O) groups is 4. The Hall–Kier alpha value is -4.06. The second-order valence-electron chi connectivity index (χ2n) is 18.0. The molecule has 7 rings (SSSR count). The molecule has 1 amide bonds. The van der Waals surface area contributed by atoms with Crippen LogP contribution in [0, 0.1) is 34.0 Å². The third-order valence-electron chi connectivity index (χ3n) is 13.4. The number of hydrogen-bond donors (Lipinski definition) is 3. The summed E-state index contributed by atoms with van der Waals surface area (Å²) in [6.07, 6.45) is -3.99. The van der Waals surface area contributed by atoms with Crippen molar-refractivity contribution >= 4 is 23.8 Å². The number of nitrogens with one attached hydrogen (secondary N) is 1. The van der Waals surface area contributed by atoms with Gasteiger partial charge in [0.25, 0.3) is 0 Å². The fraction of sp³-hybridized carbons (Fsp3) is 0.581. The summed E-state index contributed by atoms with van der Waals surface area (Å²) < 4.78 is 24.2. The van der Waals surface area contributed by atoms with Crippen LogP contribution in [-0.2, 0) is 28.5 Å². The minimum atomic E-state index is -1.88. The van der Waals surface area contributed by atoms with Gasteiger partial charge in [-0.1, -0.05) is 76.2 Å². The Balaban J connectivity index is 1.29. The number of aliphatic hydroxyl groups excluding tert-OH is 1. The molecule has 4 fully saturated rings. The molecule has 1 heterocycles. The number of Topliss-reactive ketones (excluding diaryl/α,β-unsaturated/α-hetero) is 1. The number of carbonyl (C=O) groups excluding carboxylic acids is 4. The van der Waals surface area contributed by atoms with Crippen molar-refractivity contribution in [2.45, 2.75) is 116 Å². The second kappa shape index (κ2) is 13.0. The number of fused-ring (bicyclic) bond motifs is 4. The topological polar surface area (TPSA) is 158 Å². The molecule has 0 aromatic heterocycles. The van der Waals surface area contributed by atoms with Crippen LogP contribution in [0.2, 0.25) is 0 Å². The number of aliphatic hydroxyl groups is 2. The summed E-state index contributed by atoms with van der Waals surface area (Å²) in [7, 11) is 0. The maximum atomic E-state index is 15.0. The summed E-state index contributed by atoms with van der Waals surface area (Å²) in [5, 5.41) is 27.7. The van der Waals surface area contributed by atoms with Crippen molar-refractivity contribution in [2.24, 2.45) is 34.0 Å². The highest BCUT2D eigenvalue weighted by atomic mass is 16.6. The fourth-order valence-corrected chi connectivity index (χ4v) is 10.6. The van der Waals surface area contributed by atoms with E-state index in [0.717, 1.165) is 6.42 Å². The summed E-state index contributed by atoms with van der Waals surface area (Å²) in [4.78, 5) is 56.1. The monoisotopic (exact) mass is 743 g/mol. The normalized spacial score (nSPS) is 36.0. The summed E-state index contributed by atoms with van der Waals surface area (Å²) in [5.41, 5.74) is -3.22. The van der Waals surface area contributed by atoms with Crippen LogP contribution >= 0.6 is 0 Å². The molecule has 2 aromatic carbocycles. The average molecular weight is 744 g/mol. The molecule has 11 heteroatoms. The molecular weight excluding hydrogens is 690 g/mol. The van der Waals surface area contributed by atoms with Gasteiger partial charge in [-0.3, -0.25) is 4.79 Å². The lowest BCUT2D eigenvalue weighted by atomic mass is 9.45. The smallest absolute Gasteiger partial charge is 0.408 e. The van der Waals surface area contributed by atoms with E-state index in [1.54, 1.807) is 88.4 Å². The number of rotatable bonds is 7. The van der Waals surface area contributed by atoms with Gasteiger partial charge in [0, 0.05) is 34.5 Å². The van der Waals surface area contributed by atoms with Crippen LogP contribution < -0.4 is 5.32 Å². The van der Waals surface area contributed by atoms with Crippen molar-refractivity contribution in [1.29, 1.82) is 0 Å². The molecule has 5 aliphatic rings. The van der Waals surface area contributed by atoms with E-state index in [-0.39, 0.29) is 24.2 Å². The van der Waals surface area contributed by atoms with E-state index < -0.39 is 81.7 Å². The van der Waals surface area contributed by atoms with Crippen LogP contribution in [0.15, 0.2) is 71.8 Å². The van der Waals surface area contributed by atoms with E-state index >= 15 is 4.79 Å². The molecule has 290 valence electrons. The maximum Gasteiger partial charge on any atom is 0.408 e. The minimum Gasteiger partial charge on any atom is -0.456 e. The van der Waals surface area contributed by atoms with Crippen molar-refractivity contribution in [1.82, 2.24) is 5.32 Å². The average Bonchev–Trinajstić information content (AvgIpc) is 3.84. The van der Waals surface area contributed by atoms with Crippen LogP contribution in [0.3, 0.4) is 0 Å². The van der Waals surface area contributed by atoms with Gasteiger partial charge in [0.2, 0.25) is 0 Å². The van der Waals surface area contributed by atoms with Crippen molar-refractivity contribution in [2.75, 3.05) is 6.61 Å². The molecule has 2 bridgehead atoms. The van der Waals surface area contributed by atoms with Crippen LogP contribution in [0.5, 0.6) is 0 Å². The van der Waals surface area contributed by atoms with Gasteiger partial charge in [0.15, 0.2) is 6.10 Å². The minimum absolute atomic E-state index is 0.0244. The third kappa shape index (κ3) is 5.89. The first kappa shape index (κ1) is 38.2. The van der Waals surface area contributed by atoms with Crippen molar-refractivity contribution < 1.29 is 48.3 Å². The van der Waals surface area contributed by atoms with Crippen molar-refractivity contribution in [3.63, 3.8) is 0 Å². The summed E-state index contributed by atoms with van der Waals surface area (Å²) >= 11 is 0. The predicted octanol–water partition coefficient (Wildman–Crippen LogP) is 5.88. The standard InChI is InChI=1S/C43H53NO10/c1-23-28(52-37(48)32(45)31(25-15-11-9-12-16-25)44-38(49)54-39(3,4)5)21-43(50)35(53-36(47)26-17-13-10-14-18-26)33-41(8)22-51-29(41)19-27-20-42(27,33)34(46)24(2)30(23)40(43,6)7/h9-18,24,27-29,31-33,35,45,50H,19-22H2,1-8H3,(H,44,49)/t24-,27-,28+,29-,31+,32-,33?,35+,41-,42-,43-/m1/s1. The highest BCUT2D eigenvalue weighted by Gasteiger charge is 2.81. The Morgan fingerprint density at radius 2 is 1.59 bits per heavy atom. The van der Waals surface area contributed by atoms with E-state index in [1.807, 2.05) is 20.8 Å². The summed E-state index contributed by atoms with van der Waals surface area (Å²) in [5.74, 6) is -2.83. The van der Waals surface area contributed by atoms with E-state index in [2.05, 4.69) is 12.2 Å². The molecule has 1 aliphatic heterocycles. The van der Waals surface area contributed by atoms with Crippen LogP contribution in [0.4, 0.5) is 4.79 Å². The van der Waals surface area contributed by atoms with Gasteiger partial charge >= 0.3 is 18.0 Å². The number of ether oxygens (including phenoxy) is 4. The molecule has 11 atom stereocenters. The van der Waals surface area contributed by atoms with Gasteiger partial charge < -0.3 is 34.5 Å². The highest BCUT2D eigenvalue weighted by molar-refractivity contribution is 5.94. The Morgan fingerprint density at radius 3 is 2.19 bits per heavy atom. The summed E-state index contributed by atoms with van der Waals surface area (Å²) in [6.45, 7) is 14.9. The Kier molecular flexibility index (Phi) is 9.22. The number of benzene rings is 2. The lowest BCUT2D eigenvalue weighted by molar-refractivity contribution is -0.284. The van der Waals surface area contributed by atoms with Crippen molar-refractivity contribution in [3.8, 4) is 0 Å².